The van der Waals surface area contributed by atoms with Gasteiger partial charge in [-0.15, -0.1) is 0 Å². The highest BCUT2D eigenvalue weighted by atomic mass is 79.9. The van der Waals surface area contributed by atoms with Crippen LogP contribution in [0.2, 0.25) is 5.02 Å². The van der Waals surface area contributed by atoms with Crippen molar-refractivity contribution in [1.82, 2.24) is 29.5 Å². The van der Waals surface area contributed by atoms with Gasteiger partial charge in [-0.25, -0.2) is 9.97 Å². The summed E-state index contributed by atoms with van der Waals surface area (Å²) in [5.41, 5.74) is 2.49. The first-order valence-electron chi connectivity index (χ1n) is 6.97. The molecule has 4 aromatic rings. The van der Waals surface area contributed by atoms with Crippen molar-refractivity contribution in [3.05, 3.63) is 39.7 Å². The quantitative estimate of drug-likeness (QED) is 0.485. The van der Waals surface area contributed by atoms with E-state index in [1.807, 2.05) is 24.5 Å². The van der Waals surface area contributed by atoms with Gasteiger partial charge in [0.2, 0.25) is 5.95 Å². The number of aromatic amines is 1. The average Bonchev–Trinajstić information content (AvgIpc) is 3.15. The fourth-order valence-electron chi connectivity index (χ4n) is 2.32. The Balaban J connectivity index is 1.66. The third kappa shape index (κ3) is 2.83. The molecular formula is C14H11BrClN7S. The van der Waals surface area contributed by atoms with Crippen LogP contribution >= 0.6 is 39.3 Å². The second kappa shape index (κ2) is 6.23. The van der Waals surface area contributed by atoms with Gasteiger partial charge in [0, 0.05) is 5.02 Å². The largest absolute Gasteiger partial charge is 0.347 e. The summed E-state index contributed by atoms with van der Waals surface area (Å²) < 4.78 is 2.48. The number of imidazole rings is 1. The first kappa shape index (κ1) is 15.7. The molecular weight excluding hydrogens is 414 g/mol. The first-order valence-corrected chi connectivity index (χ1v) is 9.37. The molecule has 0 spiro atoms. The maximum absolute atomic E-state index is 6.00. The van der Waals surface area contributed by atoms with Gasteiger partial charge in [-0.3, -0.25) is 0 Å². The fourth-order valence-corrected chi connectivity index (χ4v) is 3.19. The van der Waals surface area contributed by atoms with Crippen LogP contribution in [-0.2, 0) is 6.54 Å². The molecule has 0 unspecified atom stereocenters. The van der Waals surface area contributed by atoms with Crippen LogP contribution in [0.1, 0.15) is 5.82 Å². The zero-order valence-electron chi connectivity index (χ0n) is 12.4. The number of thioether (sulfide) groups is 1. The number of rotatable bonds is 4. The van der Waals surface area contributed by atoms with Crippen LogP contribution in [0.5, 0.6) is 0 Å². The predicted molar refractivity (Wildman–Crippen MR) is 98.7 cm³/mol. The summed E-state index contributed by atoms with van der Waals surface area (Å²) >= 11 is 10.9. The number of nitrogens with one attached hydrogen (secondary N) is 2. The number of anilines is 1. The molecule has 1 aromatic carbocycles. The van der Waals surface area contributed by atoms with E-state index in [0.717, 1.165) is 21.3 Å². The van der Waals surface area contributed by atoms with Crippen molar-refractivity contribution in [2.75, 3.05) is 11.6 Å². The van der Waals surface area contributed by atoms with E-state index < -0.39 is 0 Å². The SMILES string of the molecule is CSc1nc(NCc2nc3ccc(Cl)cc3[nH]2)n2ncc(Br)c2n1. The molecule has 0 fully saturated rings. The van der Waals surface area contributed by atoms with E-state index >= 15 is 0 Å². The molecule has 0 saturated carbocycles. The highest BCUT2D eigenvalue weighted by Crippen LogP contribution is 2.22. The zero-order chi connectivity index (χ0) is 16.7. The first-order chi connectivity index (χ1) is 11.6. The predicted octanol–water partition coefficient (Wildman–Crippen LogP) is 3.75. The number of H-pyrrole nitrogens is 1. The molecule has 10 heteroatoms. The van der Waals surface area contributed by atoms with Crippen molar-refractivity contribution in [2.45, 2.75) is 11.7 Å². The third-order valence-corrected chi connectivity index (χ3v) is 4.74. The van der Waals surface area contributed by atoms with Crippen LogP contribution in [0.4, 0.5) is 5.95 Å². The van der Waals surface area contributed by atoms with Crippen molar-refractivity contribution in [2.24, 2.45) is 0 Å². The van der Waals surface area contributed by atoms with Crippen LogP contribution in [0, 0.1) is 0 Å². The topological polar surface area (TPSA) is 83.8 Å². The Morgan fingerprint density at radius 3 is 3.04 bits per heavy atom. The lowest BCUT2D eigenvalue weighted by atomic mass is 10.3. The Morgan fingerprint density at radius 2 is 2.21 bits per heavy atom. The van der Waals surface area contributed by atoms with Crippen LogP contribution < -0.4 is 5.32 Å². The summed E-state index contributed by atoms with van der Waals surface area (Å²) in [5.74, 6) is 1.39. The van der Waals surface area contributed by atoms with Crippen molar-refractivity contribution in [1.29, 1.82) is 0 Å². The molecule has 3 heterocycles. The molecule has 0 aliphatic carbocycles. The van der Waals surface area contributed by atoms with E-state index in [9.17, 15) is 0 Å². The minimum absolute atomic E-state index is 0.476. The van der Waals surface area contributed by atoms with E-state index in [4.69, 9.17) is 11.6 Å². The number of hydrogen-bond donors (Lipinski definition) is 2. The summed E-state index contributed by atoms with van der Waals surface area (Å²) in [5, 5.41) is 8.89. The Hall–Kier alpha value is -1.84. The average molecular weight is 425 g/mol. The summed E-state index contributed by atoms with van der Waals surface area (Å²) in [6.07, 6.45) is 3.63. The number of halogens is 2. The minimum atomic E-state index is 0.476. The van der Waals surface area contributed by atoms with E-state index in [1.165, 1.54) is 11.8 Å². The van der Waals surface area contributed by atoms with E-state index in [0.29, 0.717) is 28.3 Å². The van der Waals surface area contributed by atoms with Crippen LogP contribution in [0.25, 0.3) is 16.7 Å². The Morgan fingerprint density at radius 1 is 1.33 bits per heavy atom. The van der Waals surface area contributed by atoms with E-state index in [-0.39, 0.29) is 0 Å². The molecule has 0 atom stereocenters. The lowest BCUT2D eigenvalue weighted by Gasteiger charge is -2.07. The molecule has 3 aromatic heterocycles. The Labute approximate surface area is 154 Å². The molecule has 0 saturated heterocycles. The molecule has 24 heavy (non-hydrogen) atoms. The monoisotopic (exact) mass is 423 g/mol. The smallest absolute Gasteiger partial charge is 0.228 e. The van der Waals surface area contributed by atoms with Crippen molar-refractivity contribution in [3.63, 3.8) is 0 Å². The summed E-state index contributed by atoms with van der Waals surface area (Å²) in [6.45, 7) is 0.476. The third-order valence-electron chi connectivity index (χ3n) is 3.39. The second-order valence-corrected chi connectivity index (χ2v) is 7.02. The van der Waals surface area contributed by atoms with Crippen LogP contribution in [-0.4, -0.2) is 35.8 Å². The highest BCUT2D eigenvalue weighted by molar-refractivity contribution is 9.10. The van der Waals surface area contributed by atoms with Gasteiger partial charge in [0.15, 0.2) is 10.8 Å². The van der Waals surface area contributed by atoms with Gasteiger partial charge in [0.05, 0.1) is 28.2 Å². The molecule has 0 radical (unpaired) electrons. The fraction of sp³-hybridized carbons (Fsp3) is 0.143. The van der Waals surface area contributed by atoms with Crippen LogP contribution in [0.15, 0.2) is 34.0 Å². The summed E-state index contributed by atoms with van der Waals surface area (Å²) in [7, 11) is 0. The Bertz CT molecular complexity index is 1040. The molecule has 0 amide bonds. The summed E-state index contributed by atoms with van der Waals surface area (Å²) in [4.78, 5) is 16.7. The lowest BCUT2D eigenvalue weighted by molar-refractivity contribution is 0.824. The standard InChI is InChI=1S/C14H11BrClN7S/c1-24-14-21-12-8(15)5-18-23(12)13(22-14)17-6-11-19-9-3-2-7(16)4-10(9)20-11/h2-5H,6H2,1H3,(H,19,20)(H,17,21,22). The maximum Gasteiger partial charge on any atom is 0.228 e. The van der Waals surface area contributed by atoms with Gasteiger partial charge in [-0.1, -0.05) is 23.4 Å². The maximum atomic E-state index is 6.00. The molecule has 2 N–H and O–H groups in total. The molecule has 0 bridgehead atoms. The summed E-state index contributed by atoms with van der Waals surface area (Å²) in [6, 6.07) is 5.56. The van der Waals surface area contributed by atoms with E-state index in [2.05, 4.69) is 46.3 Å². The lowest BCUT2D eigenvalue weighted by Crippen LogP contribution is -2.10. The zero-order valence-corrected chi connectivity index (χ0v) is 15.6. The van der Waals surface area contributed by atoms with Gasteiger partial charge in [0.25, 0.3) is 0 Å². The van der Waals surface area contributed by atoms with Gasteiger partial charge in [-0.05, 0) is 40.4 Å². The van der Waals surface area contributed by atoms with Gasteiger partial charge >= 0.3 is 0 Å². The van der Waals surface area contributed by atoms with E-state index in [1.54, 1.807) is 10.7 Å². The highest BCUT2D eigenvalue weighted by Gasteiger charge is 2.12. The molecule has 0 aliphatic heterocycles. The minimum Gasteiger partial charge on any atom is -0.347 e. The van der Waals surface area contributed by atoms with Crippen LogP contribution in [0.3, 0.4) is 0 Å². The molecule has 122 valence electrons. The van der Waals surface area contributed by atoms with Crippen molar-refractivity contribution < 1.29 is 0 Å². The second-order valence-electron chi connectivity index (χ2n) is 4.96. The number of nitrogens with zero attached hydrogens (tertiary/aromatic N) is 5. The normalized spacial score (nSPS) is 11.5. The molecule has 7 nitrogen and oxygen atoms in total. The van der Waals surface area contributed by atoms with Gasteiger partial charge in [-0.2, -0.15) is 14.6 Å². The Kier molecular flexibility index (Phi) is 4.07. The number of aromatic nitrogens is 6. The molecule has 4 rings (SSSR count). The number of hydrogen-bond acceptors (Lipinski definition) is 6. The number of benzene rings is 1. The van der Waals surface area contributed by atoms with Crippen molar-refractivity contribution in [3.8, 4) is 0 Å². The van der Waals surface area contributed by atoms with Crippen molar-refractivity contribution >= 4 is 61.9 Å². The van der Waals surface area contributed by atoms with Gasteiger partial charge in [0.1, 0.15) is 5.82 Å². The number of fused-ring (bicyclic) bond motifs is 2. The molecule has 0 aliphatic rings. The van der Waals surface area contributed by atoms with Gasteiger partial charge < -0.3 is 10.3 Å².